The Bertz CT molecular complexity index is 3000. The Labute approximate surface area is 312 Å². The lowest BCUT2D eigenvalue weighted by Crippen LogP contribution is -2.52. The van der Waals surface area contributed by atoms with Crippen LogP contribution in [0.25, 0.3) is 60.1 Å². The summed E-state index contributed by atoms with van der Waals surface area (Å²) in [5, 5.41) is 14.9. The topological polar surface area (TPSA) is 58.6 Å². The molecule has 11 rings (SSSR count). The molecule has 0 radical (unpaired) electrons. The third-order valence-corrected chi connectivity index (χ3v) is 11.0. The summed E-state index contributed by atoms with van der Waals surface area (Å²) in [4.78, 5) is 10.7. The summed E-state index contributed by atoms with van der Waals surface area (Å²) in [6, 6.07) is 58.5. The molecule has 0 bridgehead atoms. The third kappa shape index (κ3) is 4.99. The molecule has 6 nitrogen and oxygen atoms in total. The minimum absolute atomic E-state index is 0.234. The molecule has 2 unspecified atom stereocenters. The monoisotopic (exact) mass is 696 g/mol. The highest BCUT2D eigenvalue weighted by Crippen LogP contribution is 2.39. The molecule has 2 aliphatic heterocycles. The lowest BCUT2D eigenvalue weighted by molar-refractivity contribution is 0.433. The molecular formula is C48H36N6. The Morgan fingerprint density at radius 1 is 0.537 bits per heavy atom. The van der Waals surface area contributed by atoms with Gasteiger partial charge >= 0.3 is 0 Å². The van der Waals surface area contributed by atoms with Crippen LogP contribution in [0.15, 0.2) is 186 Å². The number of rotatable bonds is 4. The second-order valence-corrected chi connectivity index (χ2v) is 14.2. The normalized spacial score (nSPS) is 17.5. The maximum atomic E-state index is 5.51. The molecule has 9 aromatic rings. The van der Waals surface area contributed by atoms with Crippen LogP contribution < -0.4 is 10.6 Å². The molecular weight excluding hydrogens is 661 g/mol. The van der Waals surface area contributed by atoms with Gasteiger partial charge in [0.15, 0.2) is 0 Å². The van der Waals surface area contributed by atoms with Gasteiger partial charge in [-0.25, -0.2) is 9.98 Å². The zero-order valence-electron chi connectivity index (χ0n) is 29.5. The maximum Gasteiger partial charge on any atom is 0.131 e. The molecule has 0 spiro atoms. The minimum atomic E-state index is -0.245. The van der Waals surface area contributed by atoms with E-state index in [2.05, 4.69) is 190 Å². The first-order valence-electron chi connectivity index (χ1n) is 18.7. The number of hydrogen-bond acceptors (Lipinski definition) is 4. The number of hydrogen-bond donors (Lipinski definition) is 2. The molecule has 0 aliphatic carbocycles. The lowest BCUT2D eigenvalue weighted by atomic mass is 10.0. The van der Waals surface area contributed by atoms with Crippen molar-refractivity contribution in [2.24, 2.45) is 9.98 Å². The van der Waals surface area contributed by atoms with Crippen LogP contribution in [0, 0.1) is 0 Å². The number of fused-ring (bicyclic) bond motifs is 7. The first-order valence-corrected chi connectivity index (χ1v) is 18.7. The standard InChI is InChI=1S/C48H36N6/c1-3-15-32(16-4-1)46-50-47(34-27-26-31-14-7-8-17-33(31)28-34)52-48(51-46)40-22-13-25-45(49-40)54-42-24-12-10-21-37(42)39-29-38-36-20-9-11-23-41(36)53(43(38)30-44(39)54)35-18-5-2-6-19-35/h1-12,14-24,26-30,46,48,51H,13,25H2,(H,50,52). The predicted octanol–water partition coefficient (Wildman–Crippen LogP) is 10.6. The SMILES string of the molecule is C1=C(C2NC(c3ccc4ccccc4c3)=NC(c3ccccc3)N2)N=C(n2c3ccccc3c3cc4c5ccccc5n(-c5ccccc5)c4cc32)CC1. The van der Waals surface area contributed by atoms with Crippen molar-refractivity contribution < 1.29 is 0 Å². The number of nitrogens with zero attached hydrogens (tertiary/aromatic N) is 4. The lowest BCUT2D eigenvalue weighted by Gasteiger charge is -2.33. The van der Waals surface area contributed by atoms with Crippen LogP contribution in [0.4, 0.5) is 0 Å². The molecule has 6 heteroatoms. The number of benzene rings is 7. The molecule has 2 N–H and O–H groups in total. The zero-order chi connectivity index (χ0) is 35.6. The van der Waals surface area contributed by atoms with E-state index in [4.69, 9.17) is 9.98 Å². The third-order valence-electron chi connectivity index (χ3n) is 11.0. The highest BCUT2D eigenvalue weighted by molar-refractivity contribution is 6.21. The van der Waals surface area contributed by atoms with Crippen LogP contribution >= 0.6 is 0 Å². The highest BCUT2D eigenvalue weighted by atomic mass is 15.3. The number of allylic oxidation sites excluding steroid dienone is 1. The van der Waals surface area contributed by atoms with E-state index in [-0.39, 0.29) is 12.3 Å². The molecule has 0 fully saturated rings. The second-order valence-electron chi connectivity index (χ2n) is 14.2. The van der Waals surface area contributed by atoms with Gasteiger partial charge in [0.25, 0.3) is 0 Å². The first kappa shape index (κ1) is 30.8. The summed E-state index contributed by atoms with van der Waals surface area (Å²) >= 11 is 0. The fourth-order valence-electron chi connectivity index (χ4n) is 8.51. The summed E-state index contributed by atoms with van der Waals surface area (Å²) in [6.07, 6.45) is 3.51. The van der Waals surface area contributed by atoms with Crippen molar-refractivity contribution in [1.29, 1.82) is 0 Å². The van der Waals surface area contributed by atoms with Crippen molar-refractivity contribution in [2.75, 3.05) is 0 Å². The first-order chi connectivity index (χ1) is 26.8. The number of amidine groups is 1. The van der Waals surface area contributed by atoms with Crippen molar-refractivity contribution in [1.82, 2.24) is 19.8 Å². The molecule has 4 heterocycles. The van der Waals surface area contributed by atoms with Crippen molar-refractivity contribution in [3.8, 4) is 5.69 Å². The van der Waals surface area contributed by atoms with Gasteiger partial charge in [-0.3, -0.25) is 9.88 Å². The van der Waals surface area contributed by atoms with Gasteiger partial charge in [0.05, 0.1) is 27.8 Å². The van der Waals surface area contributed by atoms with Gasteiger partial charge in [0.2, 0.25) is 0 Å². The van der Waals surface area contributed by atoms with E-state index in [0.717, 1.165) is 52.5 Å². The Balaban J connectivity index is 1.06. The predicted molar refractivity (Wildman–Crippen MR) is 224 cm³/mol. The van der Waals surface area contributed by atoms with Crippen LogP contribution in [0.1, 0.15) is 30.1 Å². The summed E-state index contributed by atoms with van der Waals surface area (Å²) in [5.74, 6) is 1.89. The molecule has 0 saturated heterocycles. The van der Waals surface area contributed by atoms with Gasteiger partial charge < -0.3 is 9.88 Å². The molecule has 0 amide bonds. The Morgan fingerprint density at radius 2 is 1.19 bits per heavy atom. The number of aromatic nitrogens is 2. The Morgan fingerprint density at radius 3 is 1.96 bits per heavy atom. The zero-order valence-corrected chi connectivity index (χ0v) is 29.5. The van der Waals surface area contributed by atoms with E-state index in [1.54, 1.807) is 0 Å². The van der Waals surface area contributed by atoms with E-state index < -0.39 is 0 Å². The van der Waals surface area contributed by atoms with Crippen LogP contribution in [0.2, 0.25) is 0 Å². The molecule has 2 atom stereocenters. The Hall–Kier alpha value is -6.76. The number of para-hydroxylation sites is 3. The average Bonchev–Trinajstić information content (AvgIpc) is 3.75. The largest absolute Gasteiger partial charge is 0.349 e. The maximum absolute atomic E-state index is 5.51. The van der Waals surface area contributed by atoms with Crippen molar-refractivity contribution >= 4 is 66.1 Å². The molecule has 7 aromatic carbocycles. The highest BCUT2D eigenvalue weighted by Gasteiger charge is 2.29. The smallest absolute Gasteiger partial charge is 0.131 e. The molecule has 2 aromatic heterocycles. The summed E-state index contributed by atoms with van der Waals surface area (Å²) in [6.45, 7) is 0. The number of aliphatic imine (C=N–C) groups is 2. The second kappa shape index (κ2) is 12.4. The number of nitrogens with one attached hydrogen (secondary N) is 2. The van der Waals surface area contributed by atoms with Gasteiger partial charge in [0, 0.05) is 39.2 Å². The van der Waals surface area contributed by atoms with Crippen molar-refractivity contribution in [3.05, 3.63) is 187 Å². The van der Waals surface area contributed by atoms with E-state index in [0.29, 0.717) is 0 Å². The fraction of sp³-hybridized carbons (Fsp3) is 0.0833. The quantitative estimate of drug-likeness (QED) is 0.192. The van der Waals surface area contributed by atoms with Crippen LogP contribution in [0.5, 0.6) is 0 Å². The van der Waals surface area contributed by atoms with Crippen LogP contribution in [-0.2, 0) is 0 Å². The fourth-order valence-corrected chi connectivity index (χ4v) is 8.51. The van der Waals surface area contributed by atoms with Gasteiger partial charge in [-0.1, -0.05) is 127 Å². The summed E-state index contributed by atoms with van der Waals surface area (Å²) in [7, 11) is 0. The van der Waals surface area contributed by atoms with Crippen LogP contribution in [-0.4, -0.2) is 27.0 Å². The van der Waals surface area contributed by atoms with Crippen molar-refractivity contribution in [2.45, 2.75) is 25.2 Å². The molecule has 258 valence electrons. The molecule has 0 saturated carbocycles. The van der Waals surface area contributed by atoms with Gasteiger partial charge in [0.1, 0.15) is 24.0 Å². The minimum Gasteiger partial charge on any atom is -0.349 e. The van der Waals surface area contributed by atoms with E-state index in [9.17, 15) is 0 Å². The van der Waals surface area contributed by atoms with Crippen molar-refractivity contribution in [3.63, 3.8) is 0 Å². The van der Waals surface area contributed by atoms with Crippen LogP contribution in [0.3, 0.4) is 0 Å². The van der Waals surface area contributed by atoms with Gasteiger partial charge in [-0.2, -0.15) is 0 Å². The van der Waals surface area contributed by atoms with E-state index in [1.165, 1.54) is 48.9 Å². The van der Waals surface area contributed by atoms with Gasteiger partial charge in [-0.05, 0) is 65.2 Å². The van der Waals surface area contributed by atoms with Gasteiger partial charge in [-0.15, -0.1) is 0 Å². The molecule has 2 aliphatic rings. The Kier molecular flexibility index (Phi) is 7.10. The summed E-state index contributed by atoms with van der Waals surface area (Å²) < 4.78 is 4.80. The molecule has 54 heavy (non-hydrogen) atoms. The van der Waals surface area contributed by atoms with E-state index in [1.807, 2.05) is 0 Å². The average molecular weight is 697 g/mol. The summed E-state index contributed by atoms with van der Waals surface area (Å²) in [5.41, 5.74) is 9.00. The van der Waals surface area contributed by atoms with E-state index >= 15 is 0 Å².